The van der Waals surface area contributed by atoms with Crippen LogP contribution in [0.15, 0.2) is 30.3 Å². The van der Waals surface area contributed by atoms with Gasteiger partial charge in [-0.25, -0.2) is 4.79 Å². The quantitative estimate of drug-likeness (QED) is 0.927. The first-order chi connectivity index (χ1) is 9.92. The second-order valence-electron chi connectivity index (χ2n) is 6.36. The summed E-state index contributed by atoms with van der Waals surface area (Å²) in [4.78, 5) is 25.4. The van der Waals surface area contributed by atoms with E-state index in [9.17, 15) is 14.7 Å². The molecule has 2 rings (SSSR count). The van der Waals surface area contributed by atoms with Gasteiger partial charge in [0.2, 0.25) is 5.91 Å². The van der Waals surface area contributed by atoms with Crippen LogP contribution in [0.4, 0.5) is 0 Å². The molecule has 0 radical (unpaired) electrons. The van der Waals surface area contributed by atoms with Crippen LogP contribution in [0, 0.1) is 0 Å². The zero-order chi connectivity index (χ0) is 15.5. The van der Waals surface area contributed by atoms with Crippen molar-refractivity contribution >= 4 is 11.9 Å². The molecule has 21 heavy (non-hydrogen) atoms. The Labute approximate surface area is 125 Å². The highest BCUT2D eigenvalue weighted by molar-refractivity contribution is 5.84. The summed E-state index contributed by atoms with van der Waals surface area (Å²) in [5.41, 5.74) is 0.806. The molecule has 0 saturated carbocycles. The van der Waals surface area contributed by atoms with Gasteiger partial charge >= 0.3 is 5.97 Å². The minimum Gasteiger partial charge on any atom is -0.480 e. The van der Waals surface area contributed by atoms with Crippen LogP contribution in [-0.2, 0) is 15.0 Å². The molecule has 1 aliphatic heterocycles. The van der Waals surface area contributed by atoms with Gasteiger partial charge < -0.3 is 10.0 Å². The lowest BCUT2D eigenvalue weighted by Gasteiger charge is -2.35. The van der Waals surface area contributed by atoms with Gasteiger partial charge in [-0.3, -0.25) is 4.79 Å². The number of amides is 1. The van der Waals surface area contributed by atoms with Crippen LogP contribution in [0.3, 0.4) is 0 Å². The summed E-state index contributed by atoms with van der Waals surface area (Å²) in [6.45, 7) is 4.61. The Morgan fingerprint density at radius 1 is 1.24 bits per heavy atom. The molecule has 1 unspecified atom stereocenters. The fourth-order valence-electron chi connectivity index (χ4n) is 2.96. The van der Waals surface area contributed by atoms with Gasteiger partial charge in [0.05, 0.1) is 0 Å². The molecule has 114 valence electrons. The third-order valence-electron chi connectivity index (χ3n) is 4.26. The number of rotatable bonds is 4. The standard InChI is InChI=1S/C17H23NO3/c1-17(2,13-8-4-3-5-9-13)12-15(19)18-11-7-6-10-14(18)16(20)21/h3-5,8-9,14H,6-7,10-12H2,1-2H3,(H,20,21). The van der Waals surface area contributed by atoms with E-state index in [2.05, 4.69) is 0 Å². The van der Waals surface area contributed by atoms with Gasteiger partial charge in [0, 0.05) is 13.0 Å². The summed E-state index contributed by atoms with van der Waals surface area (Å²) in [7, 11) is 0. The Balaban J connectivity index is 2.11. The molecular weight excluding hydrogens is 266 g/mol. The Bertz CT molecular complexity index is 510. The van der Waals surface area contributed by atoms with Gasteiger partial charge in [-0.05, 0) is 30.2 Å². The van der Waals surface area contributed by atoms with Gasteiger partial charge in [0.15, 0.2) is 0 Å². The van der Waals surface area contributed by atoms with Crippen LogP contribution >= 0.6 is 0 Å². The van der Waals surface area contributed by atoms with Crippen molar-refractivity contribution in [1.82, 2.24) is 4.90 Å². The van der Waals surface area contributed by atoms with Crippen molar-refractivity contribution in [2.45, 2.75) is 51.0 Å². The second-order valence-corrected chi connectivity index (χ2v) is 6.36. The Morgan fingerprint density at radius 2 is 1.90 bits per heavy atom. The zero-order valence-electron chi connectivity index (χ0n) is 12.7. The summed E-state index contributed by atoms with van der Waals surface area (Å²) in [5.74, 6) is -0.948. The lowest BCUT2D eigenvalue weighted by Crippen LogP contribution is -2.49. The van der Waals surface area contributed by atoms with E-state index in [1.165, 1.54) is 0 Å². The third-order valence-corrected chi connectivity index (χ3v) is 4.26. The maximum absolute atomic E-state index is 12.6. The van der Waals surface area contributed by atoms with E-state index in [0.29, 0.717) is 19.4 Å². The molecule has 4 nitrogen and oxygen atoms in total. The number of carbonyl (C=O) groups is 2. The second kappa shape index (κ2) is 6.29. The molecule has 0 bridgehead atoms. The molecule has 0 aromatic heterocycles. The SMILES string of the molecule is CC(C)(CC(=O)N1CCCCC1C(=O)O)c1ccccc1. The van der Waals surface area contributed by atoms with Crippen LogP contribution in [0.25, 0.3) is 0 Å². The number of benzene rings is 1. The predicted molar refractivity (Wildman–Crippen MR) is 81.1 cm³/mol. The van der Waals surface area contributed by atoms with Crippen molar-refractivity contribution < 1.29 is 14.7 Å². The minimum absolute atomic E-state index is 0.0593. The molecule has 1 heterocycles. The first-order valence-electron chi connectivity index (χ1n) is 7.49. The number of aliphatic carboxylic acids is 1. The van der Waals surface area contributed by atoms with E-state index in [1.807, 2.05) is 44.2 Å². The highest BCUT2D eigenvalue weighted by Crippen LogP contribution is 2.29. The predicted octanol–water partition coefficient (Wildman–Crippen LogP) is 2.82. The van der Waals surface area contributed by atoms with E-state index >= 15 is 0 Å². The number of carboxylic acids is 1. The first kappa shape index (κ1) is 15.5. The van der Waals surface area contributed by atoms with E-state index in [1.54, 1.807) is 4.90 Å². The molecular formula is C17H23NO3. The lowest BCUT2D eigenvalue weighted by molar-refractivity contribution is -0.152. The average Bonchev–Trinajstić information content (AvgIpc) is 2.47. The van der Waals surface area contributed by atoms with Crippen LogP contribution in [0.1, 0.15) is 45.1 Å². The van der Waals surface area contributed by atoms with Crippen molar-refractivity contribution in [2.24, 2.45) is 0 Å². The van der Waals surface area contributed by atoms with E-state index < -0.39 is 12.0 Å². The number of carbonyl (C=O) groups excluding carboxylic acids is 1. The monoisotopic (exact) mass is 289 g/mol. The van der Waals surface area contributed by atoms with E-state index in [0.717, 1.165) is 18.4 Å². The van der Waals surface area contributed by atoms with Crippen LogP contribution in [0.2, 0.25) is 0 Å². The van der Waals surface area contributed by atoms with E-state index in [4.69, 9.17) is 0 Å². The van der Waals surface area contributed by atoms with Crippen molar-refractivity contribution in [2.75, 3.05) is 6.54 Å². The summed E-state index contributed by atoms with van der Waals surface area (Å²) in [5, 5.41) is 9.28. The fourth-order valence-corrected chi connectivity index (χ4v) is 2.96. The lowest BCUT2D eigenvalue weighted by atomic mass is 9.81. The summed E-state index contributed by atoms with van der Waals surface area (Å²) in [6, 6.07) is 9.24. The smallest absolute Gasteiger partial charge is 0.326 e. The number of carboxylic acid groups (broad SMARTS) is 1. The molecule has 1 saturated heterocycles. The number of nitrogens with zero attached hydrogens (tertiary/aromatic N) is 1. The van der Waals surface area contributed by atoms with Crippen molar-refractivity contribution in [3.05, 3.63) is 35.9 Å². The molecule has 1 amide bonds. The first-order valence-corrected chi connectivity index (χ1v) is 7.49. The molecule has 1 aliphatic rings. The molecule has 4 heteroatoms. The molecule has 1 fully saturated rings. The largest absolute Gasteiger partial charge is 0.480 e. The number of hydrogen-bond acceptors (Lipinski definition) is 2. The zero-order valence-corrected chi connectivity index (χ0v) is 12.7. The summed E-state index contributed by atoms with van der Waals surface area (Å²) < 4.78 is 0. The van der Waals surface area contributed by atoms with Gasteiger partial charge in [-0.1, -0.05) is 44.2 Å². The molecule has 1 atom stereocenters. The number of piperidine rings is 1. The highest BCUT2D eigenvalue weighted by atomic mass is 16.4. The van der Waals surface area contributed by atoms with Crippen LogP contribution in [-0.4, -0.2) is 34.5 Å². The van der Waals surface area contributed by atoms with Gasteiger partial charge in [0.25, 0.3) is 0 Å². The molecule has 1 aromatic rings. The topological polar surface area (TPSA) is 57.6 Å². The Hall–Kier alpha value is -1.84. The number of hydrogen-bond donors (Lipinski definition) is 1. The Kier molecular flexibility index (Phi) is 4.66. The van der Waals surface area contributed by atoms with Crippen LogP contribution < -0.4 is 0 Å². The fraction of sp³-hybridized carbons (Fsp3) is 0.529. The third kappa shape index (κ3) is 3.63. The number of likely N-dealkylation sites (tertiary alicyclic amines) is 1. The average molecular weight is 289 g/mol. The minimum atomic E-state index is -0.888. The van der Waals surface area contributed by atoms with Crippen molar-refractivity contribution in [3.63, 3.8) is 0 Å². The molecule has 1 N–H and O–H groups in total. The molecule has 1 aromatic carbocycles. The van der Waals surface area contributed by atoms with Gasteiger partial charge in [-0.2, -0.15) is 0 Å². The molecule has 0 spiro atoms. The normalized spacial score (nSPS) is 19.3. The van der Waals surface area contributed by atoms with E-state index in [-0.39, 0.29) is 11.3 Å². The summed E-state index contributed by atoms with van der Waals surface area (Å²) in [6.07, 6.45) is 2.66. The maximum Gasteiger partial charge on any atom is 0.326 e. The van der Waals surface area contributed by atoms with Gasteiger partial charge in [0.1, 0.15) is 6.04 Å². The van der Waals surface area contributed by atoms with Crippen molar-refractivity contribution in [3.8, 4) is 0 Å². The maximum atomic E-state index is 12.6. The van der Waals surface area contributed by atoms with Crippen molar-refractivity contribution in [1.29, 1.82) is 0 Å². The molecule has 0 aliphatic carbocycles. The highest BCUT2D eigenvalue weighted by Gasteiger charge is 2.34. The van der Waals surface area contributed by atoms with Crippen LogP contribution in [0.5, 0.6) is 0 Å². The Morgan fingerprint density at radius 3 is 2.52 bits per heavy atom. The van der Waals surface area contributed by atoms with Gasteiger partial charge in [-0.15, -0.1) is 0 Å². The summed E-state index contributed by atoms with van der Waals surface area (Å²) >= 11 is 0.